The second kappa shape index (κ2) is 3.49. The fraction of sp³-hybridized carbons (Fsp3) is 0.200. The van der Waals surface area contributed by atoms with Crippen molar-refractivity contribution >= 4 is 16.7 Å². The Labute approximate surface area is 80.9 Å². The van der Waals surface area contributed by atoms with Crippen LogP contribution in [0.15, 0.2) is 24.7 Å². The number of ether oxygens (including phenoxy) is 1. The number of carbonyl (C=O) groups excluding carboxylic acids is 1. The lowest BCUT2D eigenvalue weighted by Gasteiger charge is -1.98. The van der Waals surface area contributed by atoms with Gasteiger partial charge in [0.2, 0.25) is 0 Å². The highest BCUT2D eigenvalue weighted by molar-refractivity contribution is 6.03. The van der Waals surface area contributed by atoms with Gasteiger partial charge >= 0.3 is 5.97 Å². The van der Waals surface area contributed by atoms with Crippen molar-refractivity contribution in [2.45, 2.75) is 6.92 Å². The number of hydrogen-bond donors (Lipinski definition) is 1. The maximum Gasteiger partial charge on any atom is 0.355 e. The smallest absolute Gasteiger partial charge is 0.355 e. The molecule has 0 unspecified atom stereocenters. The Morgan fingerprint density at radius 1 is 1.64 bits per heavy atom. The Kier molecular flexibility index (Phi) is 2.18. The number of aromatic nitrogens is 2. The van der Waals surface area contributed by atoms with Crippen LogP contribution in [0.3, 0.4) is 0 Å². The molecule has 2 aromatic rings. The summed E-state index contributed by atoms with van der Waals surface area (Å²) < 4.78 is 4.90. The van der Waals surface area contributed by atoms with Gasteiger partial charge in [-0.2, -0.15) is 0 Å². The molecule has 4 heteroatoms. The van der Waals surface area contributed by atoms with Crippen molar-refractivity contribution in [2.75, 3.05) is 6.61 Å². The zero-order valence-electron chi connectivity index (χ0n) is 7.78. The first-order valence-corrected chi connectivity index (χ1v) is 4.41. The van der Waals surface area contributed by atoms with Crippen LogP contribution < -0.4 is 0 Å². The number of carbonyl (C=O) groups is 1. The molecule has 0 aliphatic rings. The minimum atomic E-state index is -0.325. The van der Waals surface area contributed by atoms with Crippen LogP contribution >= 0.6 is 0 Å². The van der Waals surface area contributed by atoms with E-state index in [1.54, 1.807) is 31.6 Å². The molecule has 0 saturated heterocycles. The van der Waals surface area contributed by atoms with Crippen molar-refractivity contribution in [3.05, 3.63) is 30.4 Å². The minimum Gasteiger partial charge on any atom is -0.461 e. The third kappa shape index (κ3) is 1.35. The van der Waals surface area contributed by atoms with Gasteiger partial charge in [-0.3, -0.25) is 4.98 Å². The van der Waals surface area contributed by atoms with Crippen LogP contribution in [-0.2, 0) is 4.74 Å². The van der Waals surface area contributed by atoms with Crippen molar-refractivity contribution in [3.8, 4) is 0 Å². The molecule has 0 spiro atoms. The van der Waals surface area contributed by atoms with Crippen molar-refractivity contribution in [1.29, 1.82) is 0 Å². The first-order valence-electron chi connectivity index (χ1n) is 4.41. The third-order valence-electron chi connectivity index (χ3n) is 1.97. The largest absolute Gasteiger partial charge is 0.461 e. The van der Waals surface area contributed by atoms with Gasteiger partial charge in [-0.1, -0.05) is 0 Å². The van der Waals surface area contributed by atoms with Gasteiger partial charge in [-0.05, 0) is 13.0 Å². The van der Waals surface area contributed by atoms with Crippen LogP contribution in [-0.4, -0.2) is 22.5 Å². The highest BCUT2D eigenvalue weighted by atomic mass is 16.5. The summed E-state index contributed by atoms with van der Waals surface area (Å²) in [5.74, 6) is -0.325. The Hall–Kier alpha value is -1.84. The lowest BCUT2D eigenvalue weighted by Crippen LogP contribution is -2.05. The lowest BCUT2D eigenvalue weighted by molar-refractivity contribution is 0.0522. The number of H-pyrrole nitrogens is 1. The Morgan fingerprint density at radius 3 is 3.29 bits per heavy atom. The number of pyridine rings is 1. The number of fused-ring (bicyclic) bond motifs is 1. The highest BCUT2D eigenvalue weighted by Crippen LogP contribution is 2.17. The van der Waals surface area contributed by atoms with E-state index in [4.69, 9.17) is 4.74 Å². The third-order valence-corrected chi connectivity index (χ3v) is 1.97. The van der Waals surface area contributed by atoms with E-state index in [2.05, 4.69) is 9.97 Å². The summed E-state index contributed by atoms with van der Waals surface area (Å²) in [6.07, 6.45) is 5.10. The number of nitrogens with one attached hydrogen (secondary N) is 1. The molecule has 0 aliphatic carbocycles. The number of esters is 1. The van der Waals surface area contributed by atoms with Gasteiger partial charge in [0.1, 0.15) is 5.69 Å². The normalized spacial score (nSPS) is 10.4. The quantitative estimate of drug-likeness (QED) is 0.734. The van der Waals surface area contributed by atoms with Gasteiger partial charge in [0.15, 0.2) is 0 Å². The predicted molar refractivity (Wildman–Crippen MR) is 52.1 cm³/mol. The van der Waals surface area contributed by atoms with Crippen LogP contribution in [0.1, 0.15) is 17.4 Å². The molecular weight excluding hydrogens is 180 g/mol. The fourth-order valence-corrected chi connectivity index (χ4v) is 1.35. The maximum absolute atomic E-state index is 11.4. The number of aromatic amines is 1. The average Bonchev–Trinajstić information content (AvgIpc) is 2.61. The summed E-state index contributed by atoms with van der Waals surface area (Å²) in [4.78, 5) is 18.3. The molecule has 1 N–H and O–H groups in total. The molecule has 0 radical (unpaired) electrons. The summed E-state index contributed by atoms with van der Waals surface area (Å²) >= 11 is 0. The maximum atomic E-state index is 11.4. The zero-order chi connectivity index (χ0) is 9.97. The van der Waals surface area contributed by atoms with E-state index in [1.165, 1.54) is 0 Å². The SMILES string of the molecule is CCOC(=O)c1[nH]cc2cnccc12. The molecule has 72 valence electrons. The molecule has 0 amide bonds. The monoisotopic (exact) mass is 190 g/mol. The van der Waals surface area contributed by atoms with Gasteiger partial charge < -0.3 is 9.72 Å². The van der Waals surface area contributed by atoms with E-state index in [0.717, 1.165) is 10.8 Å². The van der Waals surface area contributed by atoms with E-state index in [0.29, 0.717) is 12.3 Å². The average molecular weight is 190 g/mol. The van der Waals surface area contributed by atoms with Gasteiger partial charge in [0, 0.05) is 29.4 Å². The number of rotatable bonds is 2. The molecule has 0 fully saturated rings. The molecule has 0 bridgehead atoms. The Morgan fingerprint density at radius 2 is 2.50 bits per heavy atom. The van der Waals surface area contributed by atoms with E-state index in [-0.39, 0.29) is 5.97 Å². The van der Waals surface area contributed by atoms with Crippen molar-refractivity contribution in [2.24, 2.45) is 0 Å². The first kappa shape index (κ1) is 8.74. The van der Waals surface area contributed by atoms with Crippen LogP contribution in [0.25, 0.3) is 10.8 Å². The van der Waals surface area contributed by atoms with Crippen LogP contribution in [0.2, 0.25) is 0 Å². The fourth-order valence-electron chi connectivity index (χ4n) is 1.35. The Bertz CT molecular complexity index is 462. The molecule has 4 nitrogen and oxygen atoms in total. The molecule has 2 heterocycles. The number of nitrogens with zero attached hydrogens (tertiary/aromatic N) is 1. The highest BCUT2D eigenvalue weighted by Gasteiger charge is 2.12. The van der Waals surface area contributed by atoms with E-state index in [9.17, 15) is 4.79 Å². The first-order chi connectivity index (χ1) is 6.83. The van der Waals surface area contributed by atoms with Gasteiger partial charge in [0.25, 0.3) is 0 Å². The summed E-state index contributed by atoms with van der Waals surface area (Å²) in [5.41, 5.74) is 0.490. The van der Waals surface area contributed by atoms with E-state index >= 15 is 0 Å². The molecule has 2 rings (SSSR count). The van der Waals surface area contributed by atoms with Crippen molar-refractivity contribution < 1.29 is 9.53 Å². The lowest BCUT2D eigenvalue weighted by atomic mass is 10.2. The molecule has 14 heavy (non-hydrogen) atoms. The Balaban J connectivity index is 2.47. The summed E-state index contributed by atoms with van der Waals surface area (Å²) in [6, 6.07) is 1.79. The molecule has 0 saturated carbocycles. The van der Waals surface area contributed by atoms with Gasteiger partial charge in [0.05, 0.1) is 6.61 Å². The molecule has 2 aromatic heterocycles. The van der Waals surface area contributed by atoms with Gasteiger partial charge in [-0.15, -0.1) is 0 Å². The summed E-state index contributed by atoms with van der Waals surface area (Å²) in [7, 11) is 0. The molecule has 0 aliphatic heterocycles. The minimum absolute atomic E-state index is 0.325. The second-order valence-electron chi connectivity index (χ2n) is 2.85. The standard InChI is InChI=1S/C10H10N2O2/c1-2-14-10(13)9-8-3-4-11-5-7(8)6-12-9/h3-6,12H,2H2,1H3. The summed E-state index contributed by atoms with van der Waals surface area (Å²) in [6.45, 7) is 2.16. The topological polar surface area (TPSA) is 55.0 Å². The van der Waals surface area contributed by atoms with E-state index < -0.39 is 0 Å². The van der Waals surface area contributed by atoms with Crippen molar-refractivity contribution in [1.82, 2.24) is 9.97 Å². The van der Waals surface area contributed by atoms with Gasteiger partial charge in [-0.25, -0.2) is 4.79 Å². The summed E-state index contributed by atoms with van der Waals surface area (Å²) in [5, 5.41) is 1.76. The van der Waals surface area contributed by atoms with Crippen LogP contribution in [0.5, 0.6) is 0 Å². The van der Waals surface area contributed by atoms with Crippen molar-refractivity contribution in [3.63, 3.8) is 0 Å². The molecule has 0 atom stereocenters. The second-order valence-corrected chi connectivity index (χ2v) is 2.85. The van der Waals surface area contributed by atoms with E-state index in [1.807, 2.05) is 0 Å². The zero-order valence-corrected chi connectivity index (χ0v) is 7.78. The number of hydrogen-bond acceptors (Lipinski definition) is 3. The molecule has 0 aromatic carbocycles. The molecular formula is C10H10N2O2. The van der Waals surface area contributed by atoms with Crippen LogP contribution in [0, 0.1) is 0 Å². The predicted octanol–water partition coefficient (Wildman–Crippen LogP) is 1.74. The van der Waals surface area contributed by atoms with Crippen LogP contribution in [0.4, 0.5) is 0 Å².